The summed E-state index contributed by atoms with van der Waals surface area (Å²) in [6.45, 7) is 4.63. The highest BCUT2D eigenvalue weighted by Gasteiger charge is 2.13. The summed E-state index contributed by atoms with van der Waals surface area (Å²) in [5.74, 6) is 2.35. The fourth-order valence-corrected chi connectivity index (χ4v) is 2.80. The van der Waals surface area contributed by atoms with Gasteiger partial charge in [0, 0.05) is 13.1 Å². The lowest BCUT2D eigenvalue weighted by Gasteiger charge is -2.25. The maximum absolute atomic E-state index is 10.4. The Morgan fingerprint density at radius 3 is 2.31 bits per heavy atom. The highest BCUT2D eigenvalue weighted by molar-refractivity contribution is 5.31. The average molecular weight is 359 g/mol. The molecule has 26 heavy (non-hydrogen) atoms. The van der Waals surface area contributed by atoms with Gasteiger partial charge in [0.1, 0.15) is 30.0 Å². The summed E-state index contributed by atoms with van der Waals surface area (Å²) in [7, 11) is 3.30. The Kier molecular flexibility index (Phi) is 8.25. The number of hydrogen-bond acceptors (Lipinski definition) is 5. The molecule has 0 bridgehead atoms. The van der Waals surface area contributed by atoms with E-state index in [-0.39, 0.29) is 6.61 Å². The summed E-state index contributed by atoms with van der Waals surface area (Å²) in [6, 6.07) is 15.4. The fraction of sp³-hybridized carbons (Fsp3) is 0.429. The molecule has 2 aromatic rings. The predicted molar refractivity (Wildman–Crippen MR) is 103 cm³/mol. The number of rotatable bonds is 11. The molecule has 5 heteroatoms. The van der Waals surface area contributed by atoms with Crippen LogP contribution >= 0.6 is 0 Å². The molecule has 2 aromatic carbocycles. The van der Waals surface area contributed by atoms with E-state index in [4.69, 9.17) is 14.2 Å². The first-order valence-corrected chi connectivity index (χ1v) is 8.94. The molecule has 0 saturated heterocycles. The SMILES string of the molecule is CCCN(Cc1cccc(OC)c1)C[C@H](O)COc1ccc(OC)cc1. The number of aliphatic hydroxyl groups excluding tert-OH is 1. The summed E-state index contributed by atoms with van der Waals surface area (Å²) in [4.78, 5) is 2.23. The van der Waals surface area contributed by atoms with E-state index in [1.165, 1.54) is 5.56 Å². The smallest absolute Gasteiger partial charge is 0.119 e. The Morgan fingerprint density at radius 1 is 0.962 bits per heavy atom. The van der Waals surface area contributed by atoms with Gasteiger partial charge in [-0.25, -0.2) is 0 Å². The maximum atomic E-state index is 10.4. The lowest BCUT2D eigenvalue weighted by Crippen LogP contribution is -2.35. The third-order valence-electron chi connectivity index (χ3n) is 4.05. The van der Waals surface area contributed by atoms with Gasteiger partial charge < -0.3 is 19.3 Å². The molecule has 0 heterocycles. The van der Waals surface area contributed by atoms with Gasteiger partial charge in [0.2, 0.25) is 0 Å². The van der Waals surface area contributed by atoms with E-state index in [0.717, 1.165) is 36.8 Å². The van der Waals surface area contributed by atoms with Crippen molar-refractivity contribution in [2.24, 2.45) is 0 Å². The standard InChI is InChI=1S/C21H29NO4/c1-4-12-22(14-17-6-5-7-21(13-17)25-3)15-18(23)16-26-20-10-8-19(24-2)9-11-20/h5-11,13,18,23H,4,12,14-16H2,1-3H3/t18-/m0/s1. The Bertz CT molecular complexity index is 645. The molecule has 1 atom stereocenters. The number of benzene rings is 2. The third-order valence-corrected chi connectivity index (χ3v) is 4.05. The summed E-state index contributed by atoms with van der Waals surface area (Å²) >= 11 is 0. The van der Waals surface area contributed by atoms with Crippen molar-refractivity contribution in [3.8, 4) is 17.2 Å². The van der Waals surface area contributed by atoms with Crippen LogP contribution in [-0.4, -0.2) is 50.0 Å². The van der Waals surface area contributed by atoms with E-state index < -0.39 is 6.10 Å². The predicted octanol–water partition coefficient (Wildman–Crippen LogP) is 3.36. The first-order valence-electron chi connectivity index (χ1n) is 8.94. The largest absolute Gasteiger partial charge is 0.497 e. The third kappa shape index (κ3) is 6.58. The molecule has 0 aliphatic carbocycles. The van der Waals surface area contributed by atoms with E-state index in [2.05, 4.69) is 17.9 Å². The van der Waals surface area contributed by atoms with E-state index in [0.29, 0.717) is 6.54 Å². The number of hydrogen-bond donors (Lipinski definition) is 1. The molecule has 142 valence electrons. The first-order chi connectivity index (χ1) is 12.6. The van der Waals surface area contributed by atoms with Crippen molar-refractivity contribution in [1.29, 1.82) is 0 Å². The number of nitrogens with zero attached hydrogens (tertiary/aromatic N) is 1. The molecule has 1 N–H and O–H groups in total. The second-order valence-corrected chi connectivity index (χ2v) is 6.23. The van der Waals surface area contributed by atoms with Crippen LogP contribution in [0.25, 0.3) is 0 Å². The lowest BCUT2D eigenvalue weighted by atomic mass is 10.2. The van der Waals surface area contributed by atoms with Crippen molar-refractivity contribution in [3.05, 3.63) is 54.1 Å². The van der Waals surface area contributed by atoms with Crippen molar-refractivity contribution in [2.75, 3.05) is 33.9 Å². The van der Waals surface area contributed by atoms with Crippen molar-refractivity contribution in [3.63, 3.8) is 0 Å². The molecule has 5 nitrogen and oxygen atoms in total. The molecule has 0 saturated carbocycles. The molecule has 0 aliphatic heterocycles. The van der Waals surface area contributed by atoms with Gasteiger partial charge in [-0.15, -0.1) is 0 Å². The van der Waals surface area contributed by atoms with Gasteiger partial charge in [-0.1, -0.05) is 19.1 Å². The second-order valence-electron chi connectivity index (χ2n) is 6.23. The zero-order chi connectivity index (χ0) is 18.8. The zero-order valence-corrected chi connectivity index (χ0v) is 15.9. The lowest BCUT2D eigenvalue weighted by molar-refractivity contribution is 0.0655. The molecule has 0 aliphatic rings. The minimum Gasteiger partial charge on any atom is -0.497 e. The van der Waals surface area contributed by atoms with Crippen LogP contribution in [0.2, 0.25) is 0 Å². The Morgan fingerprint density at radius 2 is 1.65 bits per heavy atom. The van der Waals surface area contributed by atoms with Crippen molar-refractivity contribution in [2.45, 2.75) is 26.0 Å². The number of methoxy groups -OCH3 is 2. The summed E-state index contributed by atoms with van der Waals surface area (Å²) in [6.07, 6.45) is 0.463. The summed E-state index contributed by atoms with van der Waals surface area (Å²) in [5.41, 5.74) is 1.17. The van der Waals surface area contributed by atoms with Gasteiger partial charge in [0.15, 0.2) is 0 Å². The molecule has 0 radical (unpaired) electrons. The minimum absolute atomic E-state index is 0.255. The molecule has 0 fully saturated rings. The molecular weight excluding hydrogens is 330 g/mol. The molecule has 0 spiro atoms. The first kappa shape index (κ1) is 20.1. The summed E-state index contributed by atoms with van der Waals surface area (Å²) in [5, 5.41) is 10.4. The quantitative estimate of drug-likeness (QED) is 0.667. The maximum Gasteiger partial charge on any atom is 0.119 e. The average Bonchev–Trinajstić information content (AvgIpc) is 2.67. The van der Waals surface area contributed by atoms with Crippen molar-refractivity contribution < 1.29 is 19.3 Å². The van der Waals surface area contributed by atoms with Gasteiger partial charge in [-0.05, 0) is 54.9 Å². The molecular formula is C21H29NO4. The van der Waals surface area contributed by atoms with Crippen LogP contribution < -0.4 is 14.2 Å². The molecule has 0 aromatic heterocycles. The zero-order valence-electron chi connectivity index (χ0n) is 15.9. The minimum atomic E-state index is -0.561. The van der Waals surface area contributed by atoms with E-state index >= 15 is 0 Å². The number of aliphatic hydroxyl groups is 1. The highest BCUT2D eigenvalue weighted by Crippen LogP contribution is 2.18. The van der Waals surface area contributed by atoms with Crippen LogP contribution in [0.1, 0.15) is 18.9 Å². The highest BCUT2D eigenvalue weighted by atomic mass is 16.5. The monoisotopic (exact) mass is 359 g/mol. The van der Waals surface area contributed by atoms with Crippen LogP contribution in [0.4, 0.5) is 0 Å². The van der Waals surface area contributed by atoms with Crippen LogP contribution in [0, 0.1) is 0 Å². The van der Waals surface area contributed by atoms with Crippen LogP contribution in [0.5, 0.6) is 17.2 Å². The van der Waals surface area contributed by atoms with Gasteiger partial charge in [0.05, 0.1) is 14.2 Å². The molecule has 2 rings (SSSR count). The van der Waals surface area contributed by atoms with Crippen LogP contribution in [0.15, 0.2) is 48.5 Å². The van der Waals surface area contributed by atoms with Gasteiger partial charge in [-0.3, -0.25) is 4.90 Å². The molecule has 0 amide bonds. The summed E-state index contributed by atoms with van der Waals surface area (Å²) < 4.78 is 16.1. The van der Waals surface area contributed by atoms with Crippen LogP contribution in [0.3, 0.4) is 0 Å². The van der Waals surface area contributed by atoms with Gasteiger partial charge in [0.25, 0.3) is 0 Å². The normalized spacial score (nSPS) is 12.0. The van der Waals surface area contributed by atoms with Crippen LogP contribution in [-0.2, 0) is 6.54 Å². The van der Waals surface area contributed by atoms with Crippen molar-refractivity contribution in [1.82, 2.24) is 4.90 Å². The Labute approximate surface area is 156 Å². The van der Waals surface area contributed by atoms with E-state index in [9.17, 15) is 5.11 Å². The Hall–Kier alpha value is -2.24. The molecule has 0 unspecified atom stereocenters. The van der Waals surface area contributed by atoms with Crippen molar-refractivity contribution >= 4 is 0 Å². The second kappa shape index (κ2) is 10.7. The topological polar surface area (TPSA) is 51.2 Å². The number of ether oxygens (including phenoxy) is 3. The fourth-order valence-electron chi connectivity index (χ4n) is 2.80. The van der Waals surface area contributed by atoms with Gasteiger partial charge >= 0.3 is 0 Å². The Balaban J connectivity index is 1.86. The van der Waals surface area contributed by atoms with Gasteiger partial charge in [-0.2, -0.15) is 0 Å². The van der Waals surface area contributed by atoms with E-state index in [1.54, 1.807) is 14.2 Å². The van der Waals surface area contributed by atoms with E-state index in [1.807, 2.05) is 42.5 Å².